The molecule has 0 saturated heterocycles. The van der Waals surface area contributed by atoms with Crippen LogP contribution in [0.15, 0.2) is 0 Å². The van der Waals surface area contributed by atoms with Gasteiger partial charge in [-0.15, -0.1) is 0 Å². The van der Waals surface area contributed by atoms with Gasteiger partial charge in [0, 0.05) is 13.0 Å². The summed E-state index contributed by atoms with van der Waals surface area (Å²) in [7, 11) is 0. The molecule has 0 aromatic carbocycles. The highest BCUT2D eigenvalue weighted by molar-refractivity contribution is 5.76. The Labute approximate surface area is 87.8 Å². The minimum absolute atomic E-state index is 0.0636. The van der Waals surface area contributed by atoms with Gasteiger partial charge in [0.15, 0.2) is 0 Å². The van der Waals surface area contributed by atoms with Crippen LogP contribution >= 0.6 is 0 Å². The molecular formula is C9H18F2N2O2. The van der Waals surface area contributed by atoms with Crippen molar-refractivity contribution in [1.29, 1.82) is 0 Å². The molecular weight excluding hydrogens is 206 g/mol. The Morgan fingerprint density at radius 1 is 1.53 bits per heavy atom. The maximum Gasteiger partial charge on any atom is 0.265 e. The second kappa shape index (κ2) is 7.53. The van der Waals surface area contributed by atoms with E-state index in [9.17, 15) is 13.6 Å². The minimum atomic E-state index is -2.83. The summed E-state index contributed by atoms with van der Waals surface area (Å²) in [5, 5.41) is 11.0. The third kappa shape index (κ3) is 6.35. The number of carbonyl (C=O) groups excluding carboxylic acids is 1. The Kier molecular flexibility index (Phi) is 7.15. The second-order valence-corrected chi connectivity index (χ2v) is 3.42. The second-order valence-electron chi connectivity index (χ2n) is 3.42. The molecule has 4 N–H and O–H groups in total. The van der Waals surface area contributed by atoms with Crippen molar-refractivity contribution in [2.75, 3.05) is 13.1 Å². The summed E-state index contributed by atoms with van der Waals surface area (Å²) in [4.78, 5) is 11.2. The average molecular weight is 224 g/mol. The zero-order chi connectivity index (χ0) is 11.8. The van der Waals surface area contributed by atoms with Gasteiger partial charge in [-0.25, -0.2) is 8.78 Å². The smallest absolute Gasteiger partial charge is 0.265 e. The summed E-state index contributed by atoms with van der Waals surface area (Å²) >= 11 is 0. The predicted octanol–water partition coefficient (Wildman–Crippen LogP) is 0.104. The van der Waals surface area contributed by atoms with Crippen LogP contribution < -0.4 is 11.1 Å². The molecule has 90 valence electrons. The molecule has 0 radical (unpaired) electrons. The summed E-state index contributed by atoms with van der Waals surface area (Å²) in [5.41, 5.74) is 5.39. The SMILES string of the molecule is CCC(CN)CC(=O)NCC(O)C(F)F. The predicted molar refractivity (Wildman–Crippen MR) is 52.5 cm³/mol. The van der Waals surface area contributed by atoms with Gasteiger partial charge < -0.3 is 16.2 Å². The number of rotatable bonds is 7. The van der Waals surface area contributed by atoms with Crippen LogP contribution in [0.4, 0.5) is 8.78 Å². The lowest BCUT2D eigenvalue weighted by molar-refractivity contribution is -0.123. The highest BCUT2D eigenvalue weighted by Gasteiger charge is 2.18. The van der Waals surface area contributed by atoms with E-state index in [2.05, 4.69) is 5.32 Å². The van der Waals surface area contributed by atoms with Gasteiger partial charge in [-0.2, -0.15) is 0 Å². The van der Waals surface area contributed by atoms with Crippen LogP contribution in [0.1, 0.15) is 19.8 Å². The van der Waals surface area contributed by atoms with Crippen LogP contribution in [-0.4, -0.2) is 36.6 Å². The average Bonchev–Trinajstić information content (AvgIpc) is 2.22. The molecule has 0 heterocycles. The van der Waals surface area contributed by atoms with E-state index >= 15 is 0 Å². The number of aliphatic hydroxyl groups excluding tert-OH is 1. The largest absolute Gasteiger partial charge is 0.385 e. The van der Waals surface area contributed by atoms with Gasteiger partial charge in [0.1, 0.15) is 6.10 Å². The Hall–Kier alpha value is -0.750. The number of amides is 1. The van der Waals surface area contributed by atoms with Gasteiger partial charge in [0.25, 0.3) is 6.43 Å². The molecule has 2 atom stereocenters. The first-order valence-corrected chi connectivity index (χ1v) is 4.94. The van der Waals surface area contributed by atoms with E-state index in [1.54, 1.807) is 0 Å². The molecule has 0 aromatic rings. The molecule has 6 heteroatoms. The molecule has 0 saturated carbocycles. The summed E-state index contributed by atoms with van der Waals surface area (Å²) in [5.74, 6) is -0.291. The Balaban J connectivity index is 3.74. The Morgan fingerprint density at radius 2 is 2.13 bits per heavy atom. The van der Waals surface area contributed by atoms with Crippen LogP contribution in [0.2, 0.25) is 0 Å². The first kappa shape index (κ1) is 14.2. The van der Waals surface area contributed by atoms with Gasteiger partial charge in [-0.1, -0.05) is 13.3 Å². The standard InChI is InChI=1S/C9H18F2N2O2/c1-2-6(4-12)3-8(15)13-5-7(14)9(10)11/h6-7,9,14H,2-5,12H2,1H3,(H,13,15). The molecule has 15 heavy (non-hydrogen) atoms. The fourth-order valence-electron chi connectivity index (χ4n) is 1.04. The molecule has 0 aliphatic heterocycles. The molecule has 0 aliphatic rings. The minimum Gasteiger partial charge on any atom is -0.385 e. The molecule has 0 rings (SSSR count). The number of hydrogen-bond donors (Lipinski definition) is 3. The molecule has 0 aromatic heterocycles. The van der Waals surface area contributed by atoms with E-state index in [0.29, 0.717) is 6.54 Å². The molecule has 0 bridgehead atoms. The van der Waals surface area contributed by atoms with Gasteiger partial charge in [0.05, 0.1) is 0 Å². The highest BCUT2D eigenvalue weighted by atomic mass is 19.3. The molecule has 0 spiro atoms. The van der Waals surface area contributed by atoms with Crippen molar-refractivity contribution >= 4 is 5.91 Å². The maximum absolute atomic E-state index is 11.9. The zero-order valence-electron chi connectivity index (χ0n) is 8.75. The van der Waals surface area contributed by atoms with Crippen molar-refractivity contribution in [2.45, 2.75) is 32.3 Å². The third-order valence-corrected chi connectivity index (χ3v) is 2.18. The lowest BCUT2D eigenvalue weighted by atomic mass is 10.0. The number of carbonyl (C=O) groups is 1. The van der Waals surface area contributed by atoms with E-state index in [1.165, 1.54) is 0 Å². The third-order valence-electron chi connectivity index (χ3n) is 2.18. The monoisotopic (exact) mass is 224 g/mol. The lowest BCUT2D eigenvalue weighted by Crippen LogP contribution is -2.37. The van der Waals surface area contributed by atoms with E-state index < -0.39 is 19.1 Å². The van der Waals surface area contributed by atoms with E-state index in [-0.39, 0.29) is 18.2 Å². The van der Waals surface area contributed by atoms with Crippen molar-refractivity contribution in [3.05, 3.63) is 0 Å². The van der Waals surface area contributed by atoms with Gasteiger partial charge >= 0.3 is 0 Å². The van der Waals surface area contributed by atoms with Gasteiger partial charge in [0.2, 0.25) is 5.91 Å². The lowest BCUT2D eigenvalue weighted by Gasteiger charge is -2.14. The summed E-state index contributed by atoms with van der Waals surface area (Å²) < 4.78 is 23.7. The van der Waals surface area contributed by atoms with Crippen LogP contribution in [0, 0.1) is 5.92 Å². The highest BCUT2D eigenvalue weighted by Crippen LogP contribution is 2.05. The van der Waals surface area contributed by atoms with Crippen LogP contribution in [-0.2, 0) is 4.79 Å². The quantitative estimate of drug-likeness (QED) is 0.574. The first-order valence-electron chi connectivity index (χ1n) is 4.94. The van der Waals surface area contributed by atoms with E-state index in [4.69, 9.17) is 10.8 Å². The fourth-order valence-corrected chi connectivity index (χ4v) is 1.04. The number of nitrogens with two attached hydrogens (primary N) is 1. The number of hydrogen-bond acceptors (Lipinski definition) is 3. The normalized spacial score (nSPS) is 15.1. The molecule has 2 unspecified atom stereocenters. The molecule has 4 nitrogen and oxygen atoms in total. The maximum atomic E-state index is 11.9. The van der Waals surface area contributed by atoms with Gasteiger partial charge in [-0.3, -0.25) is 4.79 Å². The van der Waals surface area contributed by atoms with Crippen molar-refractivity contribution in [1.82, 2.24) is 5.32 Å². The van der Waals surface area contributed by atoms with Crippen molar-refractivity contribution in [3.63, 3.8) is 0 Å². The van der Waals surface area contributed by atoms with Gasteiger partial charge in [-0.05, 0) is 12.5 Å². The number of halogens is 2. The topological polar surface area (TPSA) is 75.4 Å². The summed E-state index contributed by atoms with van der Waals surface area (Å²) in [6.07, 6.45) is -3.65. The van der Waals surface area contributed by atoms with E-state index in [1.807, 2.05) is 6.92 Å². The summed E-state index contributed by atoms with van der Waals surface area (Å²) in [6.45, 7) is 1.87. The summed E-state index contributed by atoms with van der Waals surface area (Å²) in [6, 6.07) is 0. The fraction of sp³-hybridized carbons (Fsp3) is 0.889. The molecule has 1 amide bonds. The number of alkyl halides is 2. The van der Waals surface area contributed by atoms with Crippen molar-refractivity contribution < 1.29 is 18.7 Å². The van der Waals surface area contributed by atoms with Crippen molar-refractivity contribution in [2.24, 2.45) is 11.7 Å². The molecule has 0 fully saturated rings. The van der Waals surface area contributed by atoms with Crippen LogP contribution in [0.5, 0.6) is 0 Å². The number of nitrogens with one attached hydrogen (secondary N) is 1. The first-order chi connectivity index (χ1) is 7.01. The Morgan fingerprint density at radius 3 is 2.53 bits per heavy atom. The zero-order valence-corrected chi connectivity index (χ0v) is 8.75. The van der Waals surface area contributed by atoms with Crippen molar-refractivity contribution in [3.8, 4) is 0 Å². The Bertz CT molecular complexity index is 187. The van der Waals surface area contributed by atoms with E-state index in [0.717, 1.165) is 6.42 Å². The van der Waals surface area contributed by atoms with Crippen LogP contribution in [0.3, 0.4) is 0 Å². The van der Waals surface area contributed by atoms with Crippen LogP contribution in [0.25, 0.3) is 0 Å². The molecule has 0 aliphatic carbocycles. The number of aliphatic hydroxyl groups is 1.